The maximum Gasteiger partial charge on any atom is 0.494 e. The van der Waals surface area contributed by atoms with Crippen LogP contribution in [0.15, 0.2) is 115 Å². The van der Waals surface area contributed by atoms with Gasteiger partial charge in [0.25, 0.3) is 0 Å². The average Bonchev–Trinajstić information content (AvgIpc) is 3.18. The van der Waals surface area contributed by atoms with Gasteiger partial charge in [-0.2, -0.15) is 0 Å². The van der Waals surface area contributed by atoms with Gasteiger partial charge in [-0.15, -0.1) is 0 Å². The molecule has 0 spiro atoms. The minimum absolute atomic E-state index is 0.351. The number of hydrogen-bond acceptors (Lipinski definition) is 2. The summed E-state index contributed by atoms with van der Waals surface area (Å²) < 4.78 is 12.6. The molecule has 7 rings (SSSR count). The Bertz CT molecular complexity index is 1870. The number of rotatable bonds is 3. The highest BCUT2D eigenvalue weighted by atomic mass is 16.7. The van der Waals surface area contributed by atoms with Crippen molar-refractivity contribution >= 4 is 44.9 Å². The molecule has 0 atom stereocenters. The van der Waals surface area contributed by atoms with Gasteiger partial charge in [-0.1, -0.05) is 103 Å². The minimum atomic E-state index is -0.357. The van der Waals surface area contributed by atoms with Crippen molar-refractivity contribution in [1.29, 1.82) is 0 Å². The van der Waals surface area contributed by atoms with Crippen LogP contribution in [0.2, 0.25) is 0 Å². The summed E-state index contributed by atoms with van der Waals surface area (Å²) in [5.74, 6) is 0. The molecule has 0 aromatic heterocycles. The van der Waals surface area contributed by atoms with Crippen molar-refractivity contribution in [3.8, 4) is 22.3 Å². The fraction of sp³-hybridized carbons (Fsp3) is 0.167. The first-order valence-electron chi connectivity index (χ1n) is 13.7. The van der Waals surface area contributed by atoms with E-state index in [0.29, 0.717) is 0 Å². The van der Waals surface area contributed by atoms with Gasteiger partial charge in [0.1, 0.15) is 0 Å². The summed E-state index contributed by atoms with van der Waals surface area (Å²) >= 11 is 0. The second kappa shape index (κ2) is 8.81. The van der Waals surface area contributed by atoms with Crippen LogP contribution in [0.5, 0.6) is 0 Å². The van der Waals surface area contributed by atoms with Crippen molar-refractivity contribution in [1.82, 2.24) is 0 Å². The zero-order chi connectivity index (χ0) is 26.8. The molecule has 1 aliphatic heterocycles. The van der Waals surface area contributed by atoms with Crippen LogP contribution in [-0.4, -0.2) is 18.3 Å². The molecule has 3 heteroatoms. The van der Waals surface area contributed by atoms with Gasteiger partial charge in [0.2, 0.25) is 0 Å². The highest BCUT2D eigenvalue weighted by Crippen LogP contribution is 2.38. The van der Waals surface area contributed by atoms with Crippen LogP contribution in [0.4, 0.5) is 0 Å². The molecule has 1 aliphatic rings. The molecular formula is C36H31BO2. The SMILES string of the molecule is CC1(C)OB(c2ccc3cc(-c4ccccc4-c4ccc5c(ccc6ccccc65)c4)ccc3c2)OC1(C)C. The molecule has 1 heterocycles. The molecule has 2 nitrogen and oxygen atoms in total. The topological polar surface area (TPSA) is 18.5 Å². The van der Waals surface area contributed by atoms with Crippen LogP contribution in [0.1, 0.15) is 27.7 Å². The predicted octanol–water partition coefficient (Wildman–Crippen LogP) is 8.78. The van der Waals surface area contributed by atoms with Crippen molar-refractivity contribution < 1.29 is 9.31 Å². The lowest BCUT2D eigenvalue weighted by Crippen LogP contribution is -2.41. The van der Waals surface area contributed by atoms with E-state index in [2.05, 4.69) is 143 Å². The van der Waals surface area contributed by atoms with Crippen molar-refractivity contribution in [3.05, 3.63) is 115 Å². The van der Waals surface area contributed by atoms with Gasteiger partial charge in [0.15, 0.2) is 0 Å². The van der Waals surface area contributed by atoms with E-state index in [0.717, 1.165) is 5.46 Å². The largest absolute Gasteiger partial charge is 0.494 e. The Morgan fingerprint density at radius 2 is 0.974 bits per heavy atom. The molecule has 0 unspecified atom stereocenters. The monoisotopic (exact) mass is 506 g/mol. The lowest BCUT2D eigenvalue weighted by Gasteiger charge is -2.32. The van der Waals surface area contributed by atoms with E-state index in [-0.39, 0.29) is 18.3 Å². The first-order chi connectivity index (χ1) is 18.8. The molecular weight excluding hydrogens is 475 g/mol. The molecule has 1 fully saturated rings. The third-order valence-electron chi connectivity index (χ3n) is 8.68. The van der Waals surface area contributed by atoms with Gasteiger partial charge in [0.05, 0.1) is 11.2 Å². The summed E-state index contributed by atoms with van der Waals surface area (Å²) in [5, 5.41) is 7.50. The zero-order valence-electron chi connectivity index (χ0n) is 22.9. The molecule has 190 valence electrons. The molecule has 0 amide bonds. The summed E-state index contributed by atoms with van der Waals surface area (Å²) in [5.41, 5.74) is 5.25. The Kier molecular flexibility index (Phi) is 5.45. The third-order valence-corrected chi connectivity index (χ3v) is 8.68. The van der Waals surface area contributed by atoms with E-state index in [4.69, 9.17) is 9.31 Å². The number of hydrogen-bond donors (Lipinski definition) is 0. The number of fused-ring (bicyclic) bond motifs is 4. The molecule has 0 N–H and O–H groups in total. The second-order valence-corrected chi connectivity index (χ2v) is 11.7. The maximum absolute atomic E-state index is 6.29. The lowest BCUT2D eigenvalue weighted by atomic mass is 9.78. The Hall–Kier alpha value is -3.92. The fourth-order valence-electron chi connectivity index (χ4n) is 5.72. The Balaban J connectivity index is 1.26. The Morgan fingerprint density at radius 3 is 1.72 bits per heavy atom. The predicted molar refractivity (Wildman–Crippen MR) is 166 cm³/mol. The third kappa shape index (κ3) is 4.05. The van der Waals surface area contributed by atoms with E-state index in [1.807, 2.05) is 0 Å². The smallest absolute Gasteiger partial charge is 0.399 e. The van der Waals surface area contributed by atoms with Crippen molar-refractivity contribution in [2.45, 2.75) is 38.9 Å². The molecule has 6 aromatic carbocycles. The van der Waals surface area contributed by atoms with Crippen LogP contribution in [0.25, 0.3) is 54.6 Å². The van der Waals surface area contributed by atoms with Crippen LogP contribution >= 0.6 is 0 Å². The number of benzene rings is 6. The average molecular weight is 506 g/mol. The van der Waals surface area contributed by atoms with E-state index in [9.17, 15) is 0 Å². The molecule has 0 bridgehead atoms. The molecule has 0 aliphatic carbocycles. The molecule has 6 aromatic rings. The first kappa shape index (κ1) is 24.1. The van der Waals surface area contributed by atoms with E-state index >= 15 is 0 Å². The van der Waals surface area contributed by atoms with Gasteiger partial charge in [0, 0.05) is 0 Å². The highest BCUT2D eigenvalue weighted by Gasteiger charge is 2.51. The van der Waals surface area contributed by atoms with Gasteiger partial charge >= 0.3 is 7.12 Å². The Labute approximate surface area is 230 Å². The second-order valence-electron chi connectivity index (χ2n) is 11.7. The van der Waals surface area contributed by atoms with Crippen LogP contribution in [0, 0.1) is 0 Å². The summed E-state index contributed by atoms with van der Waals surface area (Å²) in [6.07, 6.45) is 0. The molecule has 0 saturated carbocycles. The van der Waals surface area contributed by atoms with Crippen LogP contribution in [0.3, 0.4) is 0 Å². The van der Waals surface area contributed by atoms with Crippen LogP contribution < -0.4 is 5.46 Å². The van der Waals surface area contributed by atoms with Gasteiger partial charge in [-0.25, -0.2) is 0 Å². The molecule has 0 radical (unpaired) electrons. The van der Waals surface area contributed by atoms with Crippen molar-refractivity contribution in [2.24, 2.45) is 0 Å². The maximum atomic E-state index is 6.29. The fourth-order valence-corrected chi connectivity index (χ4v) is 5.72. The summed E-state index contributed by atoms with van der Waals surface area (Å²) in [6.45, 7) is 8.37. The van der Waals surface area contributed by atoms with Gasteiger partial charge in [-0.05, 0) is 99.9 Å². The summed E-state index contributed by atoms with van der Waals surface area (Å²) in [4.78, 5) is 0. The van der Waals surface area contributed by atoms with Crippen LogP contribution in [-0.2, 0) is 9.31 Å². The minimum Gasteiger partial charge on any atom is -0.399 e. The van der Waals surface area contributed by atoms with Crippen molar-refractivity contribution in [2.75, 3.05) is 0 Å². The quantitative estimate of drug-likeness (QED) is 0.176. The summed E-state index contributed by atoms with van der Waals surface area (Å²) in [6, 6.07) is 41.8. The molecule has 39 heavy (non-hydrogen) atoms. The van der Waals surface area contributed by atoms with Crippen molar-refractivity contribution in [3.63, 3.8) is 0 Å². The van der Waals surface area contributed by atoms with Gasteiger partial charge < -0.3 is 9.31 Å². The Morgan fingerprint density at radius 1 is 0.462 bits per heavy atom. The van der Waals surface area contributed by atoms with E-state index in [1.54, 1.807) is 0 Å². The zero-order valence-corrected chi connectivity index (χ0v) is 22.9. The first-order valence-corrected chi connectivity index (χ1v) is 13.7. The van der Waals surface area contributed by atoms with Gasteiger partial charge in [-0.3, -0.25) is 0 Å². The standard InChI is InChI=1S/C36H31BO2/c1-35(2)36(3,4)39-37(38-35)30-19-17-25-21-27(16-14-26(25)23-30)32-11-7-8-12-33(32)29-18-20-34-28(22-29)15-13-24-9-5-6-10-31(24)34/h5-23H,1-4H3. The normalized spacial score (nSPS) is 16.4. The molecule has 1 saturated heterocycles. The highest BCUT2D eigenvalue weighted by molar-refractivity contribution is 6.62. The van der Waals surface area contributed by atoms with E-state index < -0.39 is 0 Å². The lowest BCUT2D eigenvalue weighted by molar-refractivity contribution is 0.00578. The summed E-state index contributed by atoms with van der Waals surface area (Å²) in [7, 11) is -0.357. The van der Waals surface area contributed by atoms with E-state index in [1.165, 1.54) is 54.6 Å².